The maximum Gasteiger partial charge on any atom is 0.0973 e. The Kier molecular flexibility index (Phi) is 6.38. The number of hydrogen-bond donors (Lipinski definition) is 0. The normalized spacial score (nSPS) is 14.4. The highest BCUT2D eigenvalue weighted by Gasteiger charge is 2.11. The average Bonchev–Trinajstić information content (AvgIpc) is 1.81. The fraction of sp³-hybridized carbons (Fsp3) is 1.00. The predicted molar refractivity (Wildman–Crippen MR) is 63.2 cm³/mol. The summed E-state index contributed by atoms with van der Waals surface area (Å²) in [7, 11) is 0.200. The molecule has 0 aromatic heterocycles. The Morgan fingerprint density at radius 3 is 1.60 bits per heavy atom. The monoisotopic (exact) mass is 287 g/mol. The molecule has 0 fully saturated rings. The Balaban J connectivity index is 3.73. The molecule has 0 rings (SSSR count). The Hall–Kier alpha value is 1.12. The molecule has 0 amide bonds. The second-order valence-electron chi connectivity index (χ2n) is 3.11. The highest BCUT2D eigenvalue weighted by atomic mass is 127. The molecule has 10 heavy (non-hydrogen) atoms. The molecule has 0 aliphatic carbocycles. The molecule has 0 radical (unpaired) electrons. The lowest BCUT2D eigenvalue weighted by atomic mass is 10.3. The first-order valence-electron chi connectivity index (χ1n) is 3.91. The summed E-state index contributed by atoms with van der Waals surface area (Å²) in [5.74, 6) is 0. The smallest absolute Gasteiger partial charge is 0.0973 e. The van der Waals surface area contributed by atoms with E-state index in [0.29, 0.717) is 6.53 Å². The molecule has 0 heterocycles. The van der Waals surface area contributed by atoms with Crippen LogP contribution < -0.4 is 0 Å². The van der Waals surface area contributed by atoms with Gasteiger partial charge in [-0.05, 0) is 12.1 Å². The van der Waals surface area contributed by atoms with Crippen molar-refractivity contribution in [2.75, 3.05) is 0 Å². The summed E-state index contributed by atoms with van der Waals surface area (Å²) in [6, 6.07) is 1.57. The third-order valence-corrected chi connectivity index (χ3v) is 10.2. The zero-order valence-corrected chi connectivity index (χ0v) is 12.4. The highest BCUT2D eigenvalue weighted by Crippen LogP contribution is 2.02. The van der Waals surface area contributed by atoms with E-state index in [9.17, 15) is 0 Å². The van der Waals surface area contributed by atoms with E-state index in [1.54, 1.807) is 0 Å². The maximum atomic E-state index is 2.71. The van der Waals surface area contributed by atoms with Gasteiger partial charge in [-0.1, -0.05) is 27.7 Å². The number of nitrogens with zero attached hydrogens (tertiary/aromatic N) is 1. The minimum absolute atomic E-state index is 0.200. The molecule has 0 aromatic rings. The van der Waals surface area contributed by atoms with Crippen molar-refractivity contribution in [3.63, 3.8) is 0 Å². The minimum atomic E-state index is 0.200. The molecule has 0 saturated heterocycles. The molecule has 62 valence electrons. The zero-order chi connectivity index (χ0) is 8.15. The van der Waals surface area contributed by atoms with Gasteiger partial charge in [-0.3, -0.25) is 0 Å². The first kappa shape index (κ1) is 11.1. The summed E-state index contributed by atoms with van der Waals surface area (Å²) in [5, 5.41) is 0. The highest BCUT2D eigenvalue weighted by molar-refractivity contribution is 14.1. The molecular formula is C6H18INSi2. The van der Waals surface area contributed by atoms with Crippen molar-refractivity contribution in [1.29, 1.82) is 0 Å². The van der Waals surface area contributed by atoms with Crippen LogP contribution in [-0.2, 0) is 0 Å². The molecule has 0 atom stereocenters. The lowest BCUT2D eigenvalue weighted by Gasteiger charge is -2.29. The van der Waals surface area contributed by atoms with Gasteiger partial charge in [0.05, 0.1) is 15.7 Å². The summed E-state index contributed by atoms with van der Waals surface area (Å²) in [4.78, 5) is 0. The summed E-state index contributed by atoms with van der Waals surface area (Å²) in [6.07, 6.45) is 0. The van der Waals surface area contributed by atoms with E-state index in [2.05, 4.69) is 54.1 Å². The van der Waals surface area contributed by atoms with Crippen molar-refractivity contribution in [2.24, 2.45) is 0 Å². The molecule has 0 spiro atoms. The van der Waals surface area contributed by atoms with Gasteiger partial charge in [0.2, 0.25) is 0 Å². The minimum Gasteiger partial charge on any atom is -0.327 e. The van der Waals surface area contributed by atoms with Crippen LogP contribution in [0.3, 0.4) is 0 Å². The van der Waals surface area contributed by atoms with Gasteiger partial charge < -0.3 is 4.57 Å². The summed E-state index contributed by atoms with van der Waals surface area (Å²) in [6.45, 7) is 9.57. The van der Waals surface area contributed by atoms with E-state index >= 15 is 0 Å². The van der Waals surface area contributed by atoms with Crippen LogP contribution in [0.2, 0.25) is 0 Å². The van der Waals surface area contributed by atoms with Crippen LogP contribution in [0.4, 0.5) is 0 Å². The largest absolute Gasteiger partial charge is 0.327 e. The average molecular weight is 287 g/mol. The molecule has 4 heteroatoms. The van der Waals surface area contributed by atoms with Gasteiger partial charge in [-0.25, -0.2) is 0 Å². The van der Waals surface area contributed by atoms with E-state index < -0.39 is 0 Å². The Labute approximate surface area is 81.7 Å². The van der Waals surface area contributed by atoms with E-state index in [1.165, 1.54) is 0 Å². The Morgan fingerprint density at radius 1 is 1.10 bits per heavy atom. The van der Waals surface area contributed by atoms with Gasteiger partial charge >= 0.3 is 0 Å². The molecule has 0 aliphatic heterocycles. The fourth-order valence-corrected chi connectivity index (χ4v) is 11.1. The number of rotatable bonds is 4. The van der Waals surface area contributed by atoms with E-state index in [1.807, 2.05) is 0 Å². The zero-order valence-electron chi connectivity index (χ0n) is 7.39. The van der Waals surface area contributed by atoms with Gasteiger partial charge in [0.1, 0.15) is 0 Å². The lowest BCUT2D eigenvalue weighted by Crippen LogP contribution is -2.41. The molecule has 1 nitrogen and oxygen atoms in total. The summed E-state index contributed by atoms with van der Waals surface area (Å²) in [5.41, 5.74) is 0. The fourth-order valence-electron chi connectivity index (χ4n) is 1.21. The van der Waals surface area contributed by atoms with Crippen LogP contribution in [0, 0.1) is 0 Å². The van der Waals surface area contributed by atoms with Gasteiger partial charge in [0.15, 0.2) is 0 Å². The van der Waals surface area contributed by atoms with E-state index in [-0.39, 0.29) is 9.20 Å². The molecule has 0 N–H and O–H groups in total. The summed E-state index contributed by atoms with van der Waals surface area (Å²) < 4.78 is 2.71. The number of halogens is 1. The van der Waals surface area contributed by atoms with Crippen LogP contribution in [0.25, 0.3) is 0 Å². The first-order valence-corrected chi connectivity index (χ1v) is 13.7. The van der Waals surface area contributed by atoms with E-state index in [4.69, 9.17) is 0 Å². The molecule has 0 aliphatic rings. The van der Waals surface area contributed by atoms with Crippen molar-refractivity contribution < 1.29 is 0 Å². The van der Waals surface area contributed by atoms with Crippen molar-refractivity contribution >= 4 is 37.5 Å². The van der Waals surface area contributed by atoms with Crippen LogP contribution >= 0.6 is 21.8 Å². The Bertz CT molecular complexity index is 79.8. The first-order chi connectivity index (χ1) is 4.59. The predicted octanol–water partition coefficient (Wildman–Crippen LogP) is 0.623. The molecule has 0 saturated carbocycles. The van der Waals surface area contributed by atoms with Crippen LogP contribution in [0.1, 0.15) is 27.7 Å². The topological polar surface area (TPSA) is 3.24 Å². The third kappa shape index (κ3) is 4.10. The van der Waals surface area contributed by atoms with Crippen molar-refractivity contribution in [1.82, 2.24) is 4.57 Å². The van der Waals surface area contributed by atoms with Crippen molar-refractivity contribution in [2.45, 2.75) is 39.8 Å². The quantitative estimate of drug-likeness (QED) is 0.416. The van der Waals surface area contributed by atoms with Crippen LogP contribution in [-0.4, -0.2) is 32.4 Å². The third-order valence-electron chi connectivity index (χ3n) is 1.67. The van der Waals surface area contributed by atoms with Crippen LogP contribution in [0.15, 0.2) is 0 Å². The van der Waals surface area contributed by atoms with Crippen molar-refractivity contribution in [3.05, 3.63) is 0 Å². The second kappa shape index (κ2) is 5.73. The molecular weight excluding hydrogens is 269 g/mol. The Morgan fingerprint density at radius 2 is 1.50 bits per heavy atom. The van der Waals surface area contributed by atoms with Gasteiger partial charge in [-0.15, -0.1) is 21.8 Å². The molecule has 0 bridgehead atoms. The van der Waals surface area contributed by atoms with Crippen LogP contribution in [0.5, 0.6) is 0 Å². The number of hydrogen-bond acceptors (Lipinski definition) is 1. The molecule has 0 unspecified atom stereocenters. The standard InChI is InChI=1S/C6H18INSi2/c1-5(2)8(6(3)4)10-9-7/h5-6H,9-10H2,1-4H3. The maximum absolute atomic E-state index is 2.71. The summed E-state index contributed by atoms with van der Waals surface area (Å²) >= 11 is 2.63. The van der Waals surface area contributed by atoms with Gasteiger partial charge in [0, 0.05) is 0 Å². The SMILES string of the molecule is CC(C)N([SiH2][SiH2]I)C(C)C. The lowest BCUT2D eigenvalue weighted by molar-refractivity contribution is 0.317. The second-order valence-corrected chi connectivity index (χ2v) is 16.9. The van der Waals surface area contributed by atoms with E-state index in [0.717, 1.165) is 12.1 Å². The molecule has 0 aromatic carbocycles. The van der Waals surface area contributed by atoms with Crippen molar-refractivity contribution in [3.8, 4) is 0 Å². The van der Waals surface area contributed by atoms with Gasteiger partial charge in [0.25, 0.3) is 0 Å². The van der Waals surface area contributed by atoms with Gasteiger partial charge in [-0.2, -0.15) is 0 Å².